The first-order valence-electron chi connectivity index (χ1n) is 12.1. The molecule has 0 spiro atoms. The van der Waals surface area contributed by atoms with Crippen LogP contribution >= 0.6 is 11.3 Å². The molecule has 35 heavy (non-hydrogen) atoms. The number of nitrogens with zero attached hydrogens (tertiary/aromatic N) is 5. The zero-order valence-corrected chi connectivity index (χ0v) is 21.7. The standard InChI is InChI=1S/C26H33N5O3S/c1-18-9-10-19(2)24-23(18)27-26(35-24)30(16-8-13-28(3)4)25(32)20-11-12-21(22(17-20)31(33)34)29-14-6-5-7-15-29/h9-12,17H,5-8,13-16H2,1-4H3. The highest BCUT2D eigenvalue weighted by molar-refractivity contribution is 7.22. The van der Waals surface area contributed by atoms with Crippen molar-refractivity contribution in [3.63, 3.8) is 0 Å². The van der Waals surface area contributed by atoms with Crippen LogP contribution < -0.4 is 9.80 Å². The number of aryl methyl sites for hydroxylation is 2. The molecule has 186 valence electrons. The van der Waals surface area contributed by atoms with Crippen LogP contribution in [-0.2, 0) is 0 Å². The predicted molar refractivity (Wildman–Crippen MR) is 143 cm³/mol. The van der Waals surface area contributed by atoms with Crippen molar-refractivity contribution in [2.75, 3.05) is 50.1 Å². The SMILES string of the molecule is Cc1ccc(C)c2sc(N(CCCN(C)C)C(=O)c3ccc(N4CCCCC4)c([N+](=O)[O-])c3)nc12. The van der Waals surface area contributed by atoms with Crippen molar-refractivity contribution in [3.8, 4) is 0 Å². The lowest BCUT2D eigenvalue weighted by Crippen LogP contribution is -2.34. The zero-order chi connectivity index (χ0) is 25.1. The van der Waals surface area contributed by atoms with Gasteiger partial charge in [0.05, 0.1) is 15.1 Å². The number of anilines is 2. The topological polar surface area (TPSA) is 82.8 Å². The number of hydrogen-bond acceptors (Lipinski definition) is 7. The number of hydrogen-bond donors (Lipinski definition) is 0. The Bertz CT molecular complexity index is 1190. The van der Waals surface area contributed by atoms with Gasteiger partial charge in [0.15, 0.2) is 5.13 Å². The van der Waals surface area contributed by atoms with Gasteiger partial charge >= 0.3 is 0 Å². The monoisotopic (exact) mass is 495 g/mol. The second kappa shape index (κ2) is 10.7. The minimum atomic E-state index is -0.374. The molecule has 1 amide bonds. The molecule has 1 fully saturated rings. The van der Waals surface area contributed by atoms with Crippen LogP contribution in [0.25, 0.3) is 10.2 Å². The van der Waals surface area contributed by atoms with Gasteiger partial charge in [-0.1, -0.05) is 23.5 Å². The van der Waals surface area contributed by atoms with Crippen molar-refractivity contribution < 1.29 is 9.72 Å². The number of nitro groups is 1. The summed E-state index contributed by atoms with van der Waals surface area (Å²) in [6, 6.07) is 9.01. The molecule has 1 aliphatic heterocycles. The number of aromatic nitrogens is 1. The van der Waals surface area contributed by atoms with E-state index < -0.39 is 0 Å². The first-order chi connectivity index (χ1) is 16.8. The third kappa shape index (κ3) is 5.46. The molecule has 0 radical (unpaired) electrons. The molecule has 0 atom stereocenters. The summed E-state index contributed by atoms with van der Waals surface area (Å²) in [4.78, 5) is 36.0. The Labute approximate surface area is 210 Å². The number of piperidine rings is 1. The second-order valence-electron chi connectivity index (χ2n) is 9.50. The Morgan fingerprint density at radius 2 is 1.80 bits per heavy atom. The van der Waals surface area contributed by atoms with Gasteiger partial charge in [0.2, 0.25) is 0 Å². The first-order valence-corrected chi connectivity index (χ1v) is 12.9. The Kier molecular flexibility index (Phi) is 7.66. The molecule has 0 N–H and O–H groups in total. The number of carbonyl (C=O) groups is 1. The summed E-state index contributed by atoms with van der Waals surface area (Å²) in [6.45, 7) is 6.97. The van der Waals surface area contributed by atoms with Gasteiger partial charge in [-0.2, -0.15) is 0 Å². The van der Waals surface area contributed by atoms with E-state index in [1.54, 1.807) is 17.0 Å². The van der Waals surface area contributed by atoms with E-state index in [1.807, 2.05) is 34.0 Å². The van der Waals surface area contributed by atoms with Crippen LogP contribution in [0.15, 0.2) is 30.3 Å². The fourth-order valence-electron chi connectivity index (χ4n) is 4.55. The lowest BCUT2D eigenvalue weighted by molar-refractivity contribution is -0.384. The fraction of sp³-hybridized carbons (Fsp3) is 0.462. The van der Waals surface area contributed by atoms with E-state index in [4.69, 9.17) is 4.98 Å². The van der Waals surface area contributed by atoms with E-state index in [0.717, 1.165) is 66.7 Å². The highest BCUT2D eigenvalue weighted by Gasteiger charge is 2.27. The molecule has 1 aromatic heterocycles. The molecule has 2 aromatic carbocycles. The Balaban J connectivity index is 1.71. The van der Waals surface area contributed by atoms with Gasteiger partial charge < -0.3 is 9.80 Å². The van der Waals surface area contributed by atoms with Crippen LogP contribution in [0.5, 0.6) is 0 Å². The fourth-order valence-corrected chi connectivity index (χ4v) is 5.69. The van der Waals surface area contributed by atoms with Gasteiger partial charge in [-0.25, -0.2) is 4.98 Å². The van der Waals surface area contributed by atoms with Crippen molar-refractivity contribution in [3.05, 3.63) is 57.1 Å². The first kappa shape index (κ1) is 25.1. The molecule has 3 aromatic rings. The molecule has 0 aliphatic carbocycles. The molecular formula is C26H33N5O3S. The number of carbonyl (C=O) groups excluding carboxylic acids is 1. The number of amides is 1. The minimum absolute atomic E-state index is 0.0121. The normalized spacial score (nSPS) is 14.0. The van der Waals surface area contributed by atoms with Gasteiger partial charge in [0, 0.05) is 31.3 Å². The second-order valence-corrected chi connectivity index (χ2v) is 10.5. The minimum Gasteiger partial charge on any atom is -0.366 e. The van der Waals surface area contributed by atoms with Crippen molar-refractivity contribution >= 4 is 44.0 Å². The van der Waals surface area contributed by atoms with E-state index in [9.17, 15) is 14.9 Å². The zero-order valence-electron chi connectivity index (χ0n) is 20.9. The molecule has 0 unspecified atom stereocenters. The van der Waals surface area contributed by atoms with Crippen molar-refractivity contribution in [2.24, 2.45) is 0 Å². The van der Waals surface area contributed by atoms with E-state index in [0.29, 0.717) is 22.9 Å². The van der Waals surface area contributed by atoms with Crippen molar-refractivity contribution in [1.82, 2.24) is 9.88 Å². The Morgan fingerprint density at radius 3 is 2.46 bits per heavy atom. The molecule has 0 bridgehead atoms. The van der Waals surface area contributed by atoms with Crippen LogP contribution in [0.2, 0.25) is 0 Å². The third-order valence-corrected chi connectivity index (χ3v) is 7.72. The maximum absolute atomic E-state index is 13.8. The average Bonchev–Trinajstić information content (AvgIpc) is 3.30. The summed E-state index contributed by atoms with van der Waals surface area (Å²) in [5, 5.41) is 12.6. The largest absolute Gasteiger partial charge is 0.366 e. The number of thiazole rings is 1. The van der Waals surface area contributed by atoms with Gasteiger partial charge in [-0.15, -0.1) is 0 Å². The van der Waals surface area contributed by atoms with Gasteiger partial charge in [-0.05, 0) is 83.4 Å². The number of fused-ring (bicyclic) bond motifs is 1. The molecule has 1 aliphatic rings. The van der Waals surface area contributed by atoms with Crippen molar-refractivity contribution in [2.45, 2.75) is 39.5 Å². The molecule has 0 saturated carbocycles. The third-order valence-electron chi connectivity index (χ3n) is 6.51. The van der Waals surface area contributed by atoms with Gasteiger partial charge in [0.1, 0.15) is 5.69 Å². The smallest absolute Gasteiger partial charge is 0.293 e. The van der Waals surface area contributed by atoms with E-state index in [-0.39, 0.29) is 16.5 Å². The molecule has 8 nitrogen and oxygen atoms in total. The van der Waals surface area contributed by atoms with Crippen molar-refractivity contribution in [1.29, 1.82) is 0 Å². The predicted octanol–water partition coefficient (Wildman–Crippen LogP) is 5.41. The van der Waals surface area contributed by atoms with Crippen LogP contribution in [0.4, 0.5) is 16.5 Å². The van der Waals surface area contributed by atoms with Crippen LogP contribution in [-0.4, -0.2) is 61.0 Å². The Hall–Kier alpha value is -3.04. The molecule has 4 rings (SSSR count). The number of nitro benzene ring substituents is 1. The van der Waals surface area contributed by atoms with Gasteiger partial charge in [0.25, 0.3) is 11.6 Å². The maximum Gasteiger partial charge on any atom is 0.293 e. The van der Waals surface area contributed by atoms with Crippen LogP contribution in [0.1, 0.15) is 47.2 Å². The van der Waals surface area contributed by atoms with E-state index >= 15 is 0 Å². The molecule has 2 heterocycles. The number of benzene rings is 2. The lowest BCUT2D eigenvalue weighted by Gasteiger charge is -2.28. The Morgan fingerprint density at radius 1 is 1.09 bits per heavy atom. The highest BCUT2D eigenvalue weighted by Crippen LogP contribution is 2.35. The summed E-state index contributed by atoms with van der Waals surface area (Å²) in [7, 11) is 4.00. The summed E-state index contributed by atoms with van der Waals surface area (Å²) >= 11 is 1.50. The van der Waals surface area contributed by atoms with E-state index in [2.05, 4.69) is 15.9 Å². The van der Waals surface area contributed by atoms with Crippen LogP contribution in [0, 0.1) is 24.0 Å². The molecule has 9 heteroatoms. The average molecular weight is 496 g/mol. The molecular weight excluding hydrogens is 462 g/mol. The summed E-state index contributed by atoms with van der Waals surface area (Å²) in [5.41, 5.74) is 3.99. The summed E-state index contributed by atoms with van der Waals surface area (Å²) in [6.07, 6.45) is 3.95. The maximum atomic E-state index is 13.8. The quantitative estimate of drug-likeness (QED) is 0.307. The van der Waals surface area contributed by atoms with Crippen LogP contribution in [0.3, 0.4) is 0 Å². The summed E-state index contributed by atoms with van der Waals surface area (Å²) < 4.78 is 1.07. The number of rotatable bonds is 8. The highest BCUT2D eigenvalue weighted by atomic mass is 32.1. The summed E-state index contributed by atoms with van der Waals surface area (Å²) in [5.74, 6) is -0.258. The lowest BCUT2D eigenvalue weighted by atomic mass is 10.1. The van der Waals surface area contributed by atoms with E-state index in [1.165, 1.54) is 17.4 Å². The van der Waals surface area contributed by atoms with Gasteiger partial charge in [-0.3, -0.25) is 19.8 Å². The molecule has 1 saturated heterocycles.